The molecule has 1 aromatic rings. The summed E-state index contributed by atoms with van der Waals surface area (Å²) >= 11 is 0. The fraction of sp³-hybridized carbons (Fsp3) is 0.588. The summed E-state index contributed by atoms with van der Waals surface area (Å²) in [6.07, 6.45) is 3.93. The average Bonchev–Trinajstić information content (AvgIpc) is 2.54. The molecule has 0 saturated carbocycles. The Morgan fingerprint density at radius 1 is 1.30 bits per heavy atom. The molecule has 6 heteroatoms. The van der Waals surface area contributed by atoms with Crippen LogP contribution in [-0.4, -0.2) is 38.9 Å². The van der Waals surface area contributed by atoms with Gasteiger partial charge in [-0.25, -0.2) is 13.1 Å². The maximum absolute atomic E-state index is 12.5. The predicted molar refractivity (Wildman–Crippen MR) is 90.8 cm³/mol. The van der Waals surface area contributed by atoms with Crippen molar-refractivity contribution in [2.45, 2.75) is 44.4 Å². The van der Waals surface area contributed by atoms with E-state index in [1.165, 1.54) is 12.1 Å². The van der Waals surface area contributed by atoms with Crippen LogP contribution < -0.4 is 4.72 Å². The smallest absolute Gasteiger partial charge is 0.253 e. The van der Waals surface area contributed by atoms with Crippen molar-refractivity contribution in [3.8, 4) is 0 Å². The molecule has 128 valence electrons. The summed E-state index contributed by atoms with van der Waals surface area (Å²) in [7, 11) is -3.48. The van der Waals surface area contributed by atoms with Crippen molar-refractivity contribution < 1.29 is 13.2 Å². The molecule has 23 heavy (non-hydrogen) atoms. The molecule has 1 atom stereocenters. The maximum atomic E-state index is 12.5. The van der Waals surface area contributed by atoms with Gasteiger partial charge in [0.1, 0.15) is 0 Å². The first-order valence-electron chi connectivity index (χ1n) is 8.33. The van der Waals surface area contributed by atoms with Gasteiger partial charge < -0.3 is 4.90 Å². The van der Waals surface area contributed by atoms with Crippen molar-refractivity contribution in [1.29, 1.82) is 0 Å². The Bertz CT molecular complexity index is 626. The molecule has 1 saturated heterocycles. The fourth-order valence-corrected chi connectivity index (χ4v) is 3.87. The van der Waals surface area contributed by atoms with Gasteiger partial charge in [0.05, 0.1) is 4.90 Å². The van der Waals surface area contributed by atoms with Crippen LogP contribution in [0.4, 0.5) is 0 Å². The highest BCUT2D eigenvalue weighted by Crippen LogP contribution is 2.19. The average molecular weight is 338 g/mol. The molecule has 0 bridgehead atoms. The first kappa shape index (κ1) is 17.9. The number of likely N-dealkylation sites (tertiary alicyclic amines) is 1. The van der Waals surface area contributed by atoms with Gasteiger partial charge in [-0.05, 0) is 49.4 Å². The summed E-state index contributed by atoms with van der Waals surface area (Å²) in [6, 6.07) is 6.23. The molecule has 1 heterocycles. The summed E-state index contributed by atoms with van der Waals surface area (Å²) < 4.78 is 26.8. The van der Waals surface area contributed by atoms with Gasteiger partial charge in [0.15, 0.2) is 0 Å². The van der Waals surface area contributed by atoms with E-state index in [0.717, 1.165) is 38.8 Å². The van der Waals surface area contributed by atoms with Gasteiger partial charge in [0.25, 0.3) is 5.91 Å². The van der Waals surface area contributed by atoms with Crippen LogP contribution in [0.2, 0.25) is 0 Å². The second-order valence-electron chi connectivity index (χ2n) is 6.27. The van der Waals surface area contributed by atoms with E-state index in [0.29, 0.717) is 18.0 Å². The zero-order chi connectivity index (χ0) is 16.9. The number of nitrogens with one attached hydrogen (secondary N) is 1. The first-order valence-corrected chi connectivity index (χ1v) is 9.81. The molecule has 1 fully saturated rings. The zero-order valence-electron chi connectivity index (χ0n) is 13.9. The van der Waals surface area contributed by atoms with Crippen molar-refractivity contribution in [3.63, 3.8) is 0 Å². The highest BCUT2D eigenvalue weighted by atomic mass is 32.2. The molecule has 0 aromatic heterocycles. The number of piperidine rings is 1. The Balaban J connectivity index is 2.05. The molecule has 0 radical (unpaired) electrons. The lowest BCUT2D eigenvalue weighted by atomic mass is 9.99. The van der Waals surface area contributed by atoms with Gasteiger partial charge in [-0.3, -0.25) is 4.79 Å². The number of unbranched alkanes of at least 4 members (excludes halogenated alkanes) is 1. The summed E-state index contributed by atoms with van der Waals surface area (Å²) in [5, 5.41) is 0. The quantitative estimate of drug-likeness (QED) is 0.811. The SMILES string of the molecule is CCCCNS(=O)(=O)c1ccc(C(=O)N2CCCC(C)C2)cc1. The van der Waals surface area contributed by atoms with E-state index in [9.17, 15) is 13.2 Å². The van der Waals surface area contributed by atoms with E-state index < -0.39 is 10.0 Å². The number of nitrogens with zero attached hydrogens (tertiary/aromatic N) is 1. The summed E-state index contributed by atoms with van der Waals surface area (Å²) in [5.41, 5.74) is 0.548. The third kappa shape index (κ3) is 4.78. The van der Waals surface area contributed by atoms with Crippen LogP contribution in [0.15, 0.2) is 29.2 Å². The Morgan fingerprint density at radius 3 is 2.61 bits per heavy atom. The van der Waals surface area contributed by atoms with E-state index in [4.69, 9.17) is 0 Å². The van der Waals surface area contributed by atoms with Crippen LogP contribution in [0.25, 0.3) is 0 Å². The van der Waals surface area contributed by atoms with Crippen LogP contribution in [0.1, 0.15) is 49.9 Å². The standard InChI is InChI=1S/C17H26N2O3S/c1-3-4-11-18-23(21,22)16-9-7-15(8-10-16)17(20)19-12-5-6-14(2)13-19/h7-10,14,18H,3-6,11-13H2,1-2H3. The minimum absolute atomic E-state index is 0.0144. The minimum Gasteiger partial charge on any atom is -0.338 e. The molecule has 1 aliphatic rings. The number of benzene rings is 1. The number of hydrogen-bond acceptors (Lipinski definition) is 3. The van der Waals surface area contributed by atoms with Crippen LogP contribution in [0.3, 0.4) is 0 Å². The topological polar surface area (TPSA) is 66.5 Å². The molecule has 1 aliphatic heterocycles. The molecule has 1 unspecified atom stereocenters. The summed E-state index contributed by atoms with van der Waals surface area (Å²) in [4.78, 5) is 14.5. The van der Waals surface area contributed by atoms with Gasteiger partial charge in [-0.15, -0.1) is 0 Å². The van der Waals surface area contributed by atoms with Crippen molar-refractivity contribution >= 4 is 15.9 Å². The Morgan fingerprint density at radius 2 is 2.00 bits per heavy atom. The van der Waals surface area contributed by atoms with Crippen LogP contribution in [0.5, 0.6) is 0 Å². The van der Waals surface area contributed by atoms with Crippen molar-refractivity contribution in [3.05, 3.63) is 29.8 Å². The van der Waals surface area contributed by atoms with E-state index in [-0.39, 0.29) is 10.8 Å². The van der Waals surface area contributed by atoms with Gasteiger partial charge in [-0.1, -0.05) is 20.3 Å². The van der Waals surface area contributed by atoms with Gasteiger partial charge in [0, 0.05) is 25.2 Å². The molecule has 1 amide bonds. The number of hydrogen-bond donors (Lipinski definition) is 1. The lowest BCUT2D eigenvalue weighted by Gasteiger charge is -2.31. The van der Waals surface area contributed by atoms with Crippen molar-refractivity contribution in [2.75, 3.05) is 19.6 Å². The Kier molecular flexibility index (Phi) is 6.18. The molecule has 1 N–H and O–H groups in total. The number of carbonyl (C=O) groups excluding carboxylic acids is 1. The zero-order valence-corrected chi connectivity index (χ0v) is 14.7. The highest BCUT2D eigenvalue weighted by Gasteiger charge is 2.22. The normalized spacial score (nSPS) is 18.9. The largest absolute Gasteiger partial charge is 0.338 e. The number of sulfonamides is 1. The van der Waals surface area contributed by atoms with E-state index >= 15 is 0 Å². The van der Waals surface area contributed by atoms with E-state index in [1.54, 1.807) is 12.1 Å². The molecular formula is C17H26N2O3S. The van der Waals surface area contributed by atoms with Crippen LogP contribution in [0, 0.1) is 5.92 Å². The molecule has 1 aromatic carbocycles. The molecular weight excluding hydrogens is 312 g/mol. The summed E-state index contributed by atoms with van der Waals surface area (Å²) in [6.45, 7) is 6.15. The summed E-state index contributed by atoms with van der Waals surface area (Å²) in [5.74, 6) is 0.509. The second kappa shape index (κ2) is 7.93. The molecule has 2 rings (SSSR count). The maximum Gasteiger partial charge on any atom is 0.253 e. The number of carbonyl (C=O) groups is 1. The van der Waals surface area contributed by atoms with Gasteiger partial charge >= 0.3 is 0 Å². The molecule has 0 spiro atoms. The molecule has 0 aliphatic carbocycles. The third-order valence-corrected chi connectivity index (χ3v) is 5.66. The number of rotatable bonds is 6. The Labute approximate surface area is 139 Å². The number of amides is 1. The van der Waals surface area contributed by atoms with E-state index in [1.807, 2.05) is 11.8 Å². The van der Waals surface area contributed by atoms with Crippen LogP contribution >= 0.6 is 0 Å². The third-order valence-electron chi connectivity index (χ3n) is 4.18. The lowest BCUT2D eigenvalue weighted by Crippen LogP contribution is -2.39. The van der Waals surface area contributed by atoms with Gasteiger partial charge in [0.2, 0.25) is 10.0 Å². The predicted octanol–water partition coefficient (Wildman–Crippen LogP) is 2.64. The second-order valence-corrected chi connectivity index (χ2v) is 8.04. The Hall–Kier alpha value is -1.40. The monoisotopic (exact) mass is 338 g/mol. The minimum atomic E-state index is -3.48. The molecule has 5 nitrogen and oxygen atoms in total. The van der Waals surface area contributed by atoms with Crippen LogP contribution in [-0.2, 0) is 10.0 Å². The van der Waals surface area contributed by atoms with Crippen molar-refractivity contribution in [2.24, 2.45) is 5.92 Å². The highest BCUT2D eigenvalue weighted by molar-refractivity contribution is 7.89. The van der Waals surface area contributed by atoms with Gasteiger partial charge in [-0.2, -0.15) is 0 Å². The van der Waals surface area contributed by atoms with Crippen molar-refractivity contribution in [1.82, 2.24) is 9.62 Å². The fourth-order valence-electron chi connectivity index (χ4n) is 2.80. The first-order chi connectivity index (χ1) is 10.9. The lowest BCUT2D eigenvalue weighted by molar-refractivity contribution is 0.0683. The van der Waals surface area contributed by atoms with E-state index in [2.05, 4.69) is 11.6 Å².